The molecular formula is C13H32O6Si5. The van der Waals surface area contributed by atoms with Crippen molar-refractivity contribution in [3.05, 3.63) is 0 Å². The Morgan fingerprint density at radius 2 is 1.42 bits per heavy atom. The maximum Gasteiger partial charge on any atom is 0.317 e. The van der Waals surface area contributed by atoms with Crippen LogP contribution in [-0.4, -0.2) is 57.9 Å². The van der Waals surface area contributed by atoms with Gasteiger partial charge in [-0.15, -0.1) is 0 Å². The predicted molar refractivity (Wildman–Crippen MR) is 105 cm³/mol. The molecule has 2 heterocycles. The van der Waals surface area contributed by atoms with Gasteiger partial charge in [-0.05, 0) is 70.4 Å². The molecule has 0 amide bonds. The van der Waals surface area contributed by atoms with E-state index in [4.69, 9.17) is 25.3 Å². The smallest absolute Gasteiger partial charge is 0.317 e. The summed E-state index contributed by atoms with van der Waals surface area (Å²) >= 11 is 0. The highest BCUT2D eigenvalue weighted by molar-refractivity contribution is 6.80. The molecule has 24 heavy (non-hydrogen) atoms. The molecule has 7 atom stereocenters. The lowest BCUT2D eigenvalue weighted by atomic mass is 9.88. The molecule has 0 aromatic rings. The highest BCUT2D eigenvalue weighted by atomic mass is 28.5. The lowest BCUT2D eigenvalue weighted by Gasteiger charge is -2.37. The lowest BCUT2D eigenvalue weighted by Crippen LogP contribution is -2.52. The summed E-state index contributed by atoms with van der Waals surface area (Å²) < 4.78 is 36.7. The van der Waals surface area contributed by atoms with E-state index in [1.54, 1.807) is 0 Å². The van der Waals surface area contributed by atoms with Gasteiger partial charge in [0.05, 0.1) is 12.2 Å². The van der Waals surface area contributed by atoms with Crippen molar-refractivity contribution in [1.29, 1.82) is 0 Å². The van der Waals surface area contributed by atoms with E-state index in [0.717, 1.165) is 12.0 Å². The first kappa shape index (κ1) is 19.6. The van der Waals surface area contributed by atoms with Crippen molar-refractivity contribution < 1.29 is 25.3 Å². The molecule has 0 aromatic carbocycles. The molecule has 1 saturated carbocycles. The molecule has 0 spiro atoms. The molecule has 7 unspecified atom stereocenters. The summed E-state index contributed by atoms with van der Waals surface area (Å²) in [7, 11) is -8.87. The number of ether oxygens (including phenoxy) is 1. The van der Waals surface area contributed by atoms with Crippen molar-refractivity contribution in [3.8, 4) is 0 Å². The molecule has 0 aromatic heterocycles. The molecule has 11 heteroatoms. The Balaban J connectivity index is 1.58. The topological polar surface area (TPSA) is 58.7 Å². The normalized spacial score (nSPS) is 50.1. The van der Waals surface area contributed by atoms with Gasteiger partial charge in [0.1, 0.15) is 0 Å². The molecule has 0 bridgehead atoms. The van der Waals surface area contributed by atoms with E-state index < -0.39 is 45.7 Å². The Hall–Kier alpha value is 0.844. The maximum atomic E-state index is 6.45. The third-order valence-corrected chi connectivity index (χ3v) is 22.1. The van der Waals surface area contributed by atoms with Gasteiger partial charge in [0.2, 0.25) is 0 Å². The van der Waals surface area contributed by atoms with Crippen molar-refractivity contribution in [2.75, 3.05) is 0 Å². The van der Waals surface area contributed by atoms with Crippen molar-refractivity contribution >= 4 is 45.7 Å². The van der Waals surface area contributed by atoms with Crippen molar-refractivity contribution in [1.82, 2.24) is 0 Å². The van der Waals surface area contributed by atoms with Gasteiger partial charge in [0, 0.05) is 0 Å². The first-order valence-electron chi connectivity index (χ1n) is 9.30. The molecule has 1 aliphatic carbocycles. The van der Waals surface area contributed by atoms with Crippen LogP contribution in [-0.2, 0) is 25.3 Å². The SMILES string of the molecule is C[SiH]1O[SiH](C)O[SiH](C)O[Si](C)(CCC2CCC3OC3C2)O[SiH](C)O1. The fraction of sp³-hybridized carbons (Fsp3) is 1.00. The number of hydrogen-bond donors (Lipinski definition) is 0. The van der Waals surface area contributed by atoms with Crippen molar-refractivity contribution in [2.24, 2.45) is 5.92 Å². The predicted octanol–water partition coefficient (Wildman–Crippen LogP) is 1.51. The van der Waals surface area contributed by atoms with Gasteiger partial charge in [-0.3, -0.25) is 0 Å². The molecule has 140 valence electrons. The summed E-state index contributed by atoms with van der Waals surface area (Å²) in [6.45, 7) is 10.6. The average Bonchev–Trinajstić information content (AvgIpc) is 3.21. The van der Waals surface area contributed by atoms with E-state index >= 15 is 0 Å². The Labute approximate surface area is 153 Å². The highest BCUT2D eigenvalue weighted by Gasteiger charge is 2.45. The molecule has 0 N–H and O–H groups in total. The van der Waals surface area contributed by atoms with Gasteiger partial charge in [0.25, 0.3) is 37.1 Å². The maximum absolute atomic E-state index is 6.45. The Bertz CT molecular complexity index is 414. The third kappa shape index (κ3) is 5.67. The van der Waals surface area contributed by atoms with Crippen LogP contribution >= 0.6 is 0 Å². The number of fused-ring (bicyclic) bond motifs is 1. The van der Waals surface area contributed by atoms with Gasteiger partial charge in [0.15, 0.2) is 0 Å². The fourth-order valence-corrected chi connectivity index (χ4v) is 21.8. The minimum Gasteiger partial charge on any atom is -0.420 e. The first-order chi connectivity index (χ1) is 11.3. The largest absolute Gasteiger partial charge is 0.420 e. The van der Waals surface area contributed by atoms with Gasteiger partial charge < -0.3 is 25.3 Å². The minimum atomic E-state index is -2.23. The third-order valence-electron chi connectivity index (χ3n) is 5.10. The van der Waals surface area contributed by atoms with Crippen LogP contribution in [0.3, 0.4) is 0 Å². The Morgan fingerprint density at radius 1 is 0.833 bits per heavy atom. The Kier molecular flexibility index (Phi) is 6.74. The van der Waals surface area contributed by atoms with Crippen molar-refractivity contribution in [2.45, 2.75) is 76.7 Å². The standard InChI is InChI=1S/C13H32O6Si5/c1-20-15-21(2)17-23(4)19-24(5,18-22(3)16-20)9-8-11-6-7-12-13(10-11)14-12/h11-13,20-23H,6-10H2,1-5H3. The first-order valence-corrected chi connectivity index (χ1v) is 20.2. The zero-order valence-electron chi connectivity index (χ0n) is 15.5. The number of epoxide rings is 1. The van der Waals surface area contributed by atoms with Gasteiger partial charge in [-0.2, -0.15) is 0 Å². The molecule has 6 nitrogen and oxygen atoms in total. The average molecular weight is 425 g/mol. The molecule has 0 radical (unpaired) electrons. The molecule has 3 fully saturated rings. The number of rotatable bonds is 3. The van der Waals surface area contributed by atoms with Crippen LogP contribution in [0.1, 0.15) is 25.7 Å². The van der Waals surface area contributed by atoms with Crippen LogP contribution in [0.5, 0.6) is 0 Å². The van der Waals surface area contributed by atoms with Crippen LogP contribution in [0.25, 0.3) is 0 Å². The summed E-state index contributed by atoms with van der Waals surface area (Å²) in [5.41, 5.74) is 0. The van der Waals surface area contributed by atoms with E-state index in [-0.39, 0.29) is 0 Å². The van der Waals surface area contributed by atoms with Crippen LogP contribution in [0, 0.1) is 5.92 Å². The summed E-state index contributed by atoms with van der Waals surface area (Å²) in [5, 5.41) is 0. The number of hydrogen-bond acceptors (Lipinski definition) is 6. The van der Waals surface area contributed by atoms with E-state index in [1.165, 1.54) is 25.7 Å². The van der Waals surface area contributed by atoms with Crippen LogP contribution in [0.4, 0.5) is 0 Å². The van der Waals surface area contributed by atoms with Crippen LogP contribution in [0.15, 0.2) is 0 Å². The zero-order valence-corrected chi connectivity index (χ0v) is 21.1. The molecule has 2 saturated heterocycles. The second-order valence-electron chi connectivity index (χ2n) is 7.48. The van der Waals surface area contributed by atoms with E-state index in [0.29, 0.717) is 12.2 Å². The van der Waals surface area contributed by atoms with Crippen molar-refractivity contribution in [3.63, 3.8) is 0 Å². The second-order valence-corrected chi connectivity index (χ2v) is 19.9. The summed E-state index contributed by atoms with van der Waals surface area (Å²) in [4.78, 5) is 0. The highest BCUT2D eigenvalue weighted by Crippen LogP contribution is 2.41. The van der Waals surface area contributed by atoms with Crippen LogP contribution < -0.4 is 0 Å². The second kappa shape index (κ2) is 8.25. The van der Waals surface area contributed by atoms with E-state index in [2.05, 4.69) is 32.7 Å². The zero-order chi connectivity index (χ0) is 17.3. The van der Waals surface area contributed by atoms with Crippen LogP contribution in [0.2, 0.25) is 38.8 Å². The quantitative estimate of drug-likeness (QED) is 0.506. The van der Waals surface area contributed by atoms with Gasteiger partial charge in [-0.1, -0.05) is 0 Å². The van der Waals surface area contributed by atoms with E-state index in [1.807, 2.05) is 0 Å². The summed E-state index contributed by atoms with van der Waals surface area (Å²) in [6.07, 6.45) is 6.07. The molecule has 2 aliphatic heterocycles. The molecule has 3 rings (SSSR count). The Morgan fingerprint density at radius 3 is 2.00 bits per heavy atom. The molecule has 3 aliphatic rings. The lowest BCUT2D eigenvalue weighted by molar-refractivity contribution is 0.272. The monoisotopic (exact) mass is 424 g/mol. The van der Waals surface area contributed by atoms with Gasteiger partial charge >= 0.3 is 8.56 Å². The fourth-order valence-electron chi connectivity index (χ4n) is 3.99. The summed E-state index contributed by atoms with van der Waals surface area (Å²) in [6, 6.07) is 1.04. The van der Waals surface area contributed by atoms with Gasteiger partial charge in [-0.25, -0.2) is 0 Å². The molecular weight excluding hydrogens is 393 g/mol. The summed E-state index contributed by atoms with van der Waals surface area (Å²) in [5.74, 6) is 0.765. The minimum absolute atomic E-state index is 0.549. The van der Waals surface area contributed by atoms with E-state index in [9.17, 15) is 0 Å².